The number of fused-ring (bicyclic) bond motifs is 1. The minimum Gasteiger partial charge on any atom is -0.387 e. The molecule has 6 atom stereocenters. The van der Waals surface area contributed by atoms with E-state index in [-0.39, 0.29) is 13.2 Å². The van der Waals surface area contributed by atoms with E-state index in [2.05, 4.69) is 0 Å². The van der Waals surface area contributed by atoms with Crippen LogP contribution in [0.1, 0.15) is 17.4 Å². The first kappa shape index (κ1) is 17.6. The van der Waals surface area contributed by atoms with Gasteiger partial charge in [-0.25, -0.2) is 0 Å². The molecule has 0 saturated carbocycles. The van der Waals surface area contributed by atoms with Crippen LogP contribution >= 0.6 is 0 Å². The SMILES string of the molecule is O[C@@H]1[C@@H](OCc2ccccc2)O[C@H]2COC(c3ccccc3)O[C@@H]2[C@H]1O. The Balaban J connectivity index is 1.40. The first-order valence-corrected chi connectivity index (χ1v) is 8.71. The lowest BCUT2D eigenvalue weighted by Gasteiger charge is -2.46. The maximum atomic E-state index is 10.5. The summed E-state index contributed by atoms with van der Waals surface area (Å²) in [6.45, 7) is 0.528. The number of rotatable bonds is 4. The second-order valence-corrected chi connectivity index (χ2v) is 6.50. The maximum Gasteiger partial charge on any atom is 0.187 e. The average molecular weight is 358 g/mol. The average Bonchev–Trinajstić information content (AvgIpc) is 2.71. The van der Waals surface area contributed by atoms with Crippen molar-refractivity contribution in [2.24, 2.45) is 0 Å². The van der Waals surface area contributed by atoms with Crippen molar-refractivity contribution in [2.45, 2.75) is 43.6 Å². The van der Waals surface area contributed by atoms with Gasteiger partial charge in [0.05, 0.1) is 13.2 Å². The van der Waals surface area contributed by atoms with Crippen LogP contribution in [0.2, 0.25) is 0 Å². The first-order valence-electron chi connectivity index (χ1n) is 8.71. The molecule has 2 N–H and O–H groups in total. The number of aliphatic hydroxyl groups is 2. The molecule has 26 heavy (non-hydrogen) atoms. The van der Waals surface area contributed by atoms with Crippen molar-refractivity contribution in [1.82, 2.24) is 0 Å². The van der Waals surface area contributed by atoms with Crippen molar-refractivity contribution in [3.05, 3.63) is 71.8 Å². The molecule has 6 nitrogen and oxygen atoms in total. The van der Waals surface area contributed by atoms with Gasteiger partial charge < -0.3 is 29.2 Å². The Morgan fingerprint density at radius 2 is 1.58 bits per heavy atom. The molecule has 0 aromatic heterocycles. The highest BCUT2D eigenvalue weighted by molar-refractivity contribution is 5.17. The van der Waals surface area contributed by atoms with Gasteiger partial charge >= 0.3 is 0 Å². The Morgan fingerprint density at radius 1 is 0.885 bits per heavy atom. The van der Waals surface area contributed by atoms with E-state index in [0.29, 0.717) is 0 Å². The quantitative estimate of drug-likeness (QED) is 0.867. The van der Waals surface area contributed by atoms with Gasteiger partial charge in [0.1, 0.15) is 24.4 Å². The summed E-state index contributed by atoms with van der Waals surface area (Å²) in [6.07, 6.45) is -5.04. The van der Waals surface area contributed by atoms with Gasteiger partial charge in [0.2, 0.25) is 0 Å². The van der Waals surface area contributed by atoms with E-state index in [0.717, 1.165) is 11.1 Å². The summed E-state index contributed by atoms with van der Waals surface area (Å²) >= 11 is 0. The molecule has 0 amide bonds. The number of hydrogen-bond acceptors (Lipinski definition) is 6. The van der Waals surface area contributed by atoms with Crippen LogP contribution in [0.3, 0.4) is 0 Å². The van der Waals surface area contributed by atoms with E-state index in [9.17, 15) is 10.2 Å². The number of aliphatic hydroxyl groups excluding tert-OH is 2. The van der Waals surface area contributed by atoms with Gasteiger partial charge in [-0.05, 0) is 5.56 Å². The van der Waals surface area contributed by atoms with Crippen molar-refractivity contribution >= 4 is 0 Å². The molecule has 2 aliphatic heterocycles. The molecule has 1 unspecified atom stereocenters. The van der Waals surface area contributed by atoms with Crippen LogP contribution in [-0.4, -0.2) is 47.5 Å². The van der Waals surface area contributed by atoms with Gasteiger partial charge in [0.25, 0.3) is 0 Å². The second kappa shape index (κ2) is 7.84. The molecule has 0 spiro atoms. The predicted molar refractivity (Wildman–Crippen MR) is 91.9 cm³/mol. The fourth-order valence-electron chi connectivity index (χ4n) is 3.25. The van der Waals surface area contributed by atoms with Crippen LogP contribution in [0.15, 0.2) is 60.7 Å². The zero-order valence-corrected chi connectivity index (χ0v) is 14.2. The molecule has 0 radical (unpaired) electrons. The molecule has 2 aromatic rings. The lowest BCUT2D eigenvalue weighted by atomic mass is 9.98. The Hall–Kier alpha value is -1.80. The summed E-state index contributed by atoms with van der Waals surface area (Å²) in [4.78, 5) is 0. The topological polar surface area (TPSA) is 77.4 Å². The molecule has 0 aliphatic carbocycles. The van der Waals surface area contributed by atoms with Crippen molar-refractivity contribution in [2.75, 3.05) is 6.61 Å². The molecular weight excluding hydrogens is 336 g/mol. The normalized spacial score (nSPS) is 34.2. The third kappa shape index (κ3) is 3.66. The van der Waals surface area contributed by atoms with Gasteiger partial charge in [-0.3, -0.25) is 0 Å². The Morgan fingerprint density at radius 3 is 2.31 bits per heavy atom. The largest absolute Gasteiger partial charge is 0.387 e. The van der Waals surface area contributed by atoms with Crippen molar-refractivity contribution in [3.63, 3.8) is 0 Å². The van der Waals surface area contributed by atoms with Gasteiger partial charge in [-0.2, -0.15) is 0 Å². The fraction of sp³-hybridized carbons (Fsp3) is 0.400. The second-order valence-electron chi connectivity index (χ2n) is 6.50. The molecule has 2 saturated heterocycles. The van der Waals surface area contributed by atoms with E-state index in [1.54, 1.807) is 0 Å². The monoisotopic (exact) mass is 358 g/mol. The van der Waals surface area contributed by atoms with Crippen LogP contribution < -0.4 is 0 Å². The molecule has 2 aromatic carbocycles. The molecule has 0 bridgehead atoms. The smallest absolute Gasteiger partial charge is 0.187 e. The molecule has 2 aliphatic rings. The summed E-state index contributed by atoms with van der Waals surface area (Å²) in [5, 5.41) is 20.9. The van der Waals surface area contributed by atoms with Crippen LogP contribution in [0.25, 0.3) is 0 Å². The highest BCUT2D eigenvalue weighted by Crippen LogP contribution is 2.34. The Bertz CT molecular complexity index is 692. The summed E-state index contributed by atoms with van der Waals surface area (Å²) in [5.74, 6) is 0. The van der Waals surface area contributed by atoms with Crippen LogP contribution in [0.4, 0.5) is 0 Å². The summed E-state index contributed by atoms with van der Waals surface area (Å²) in [6, 6.07) is 19.1. The molecule has 2 fully saturated rings. The minimum absolute atomic E-state index is 0.249. The highest BCUT2D eigenvalue weighted by Gasteiger charge is 2.49. The summed E-state index contributed by atoms with van der Waals surface area (Å²) < 4.78 is 23.1. The van der Waals surface area contributed by atoms with Gasteiger partial charge in [0.15, 0.2) is 12.6 Å². The summed E-state index contributed by atoms with van der Waals surface area (Å²) in [7, 11) is 0. The highest BCUT2D eigenvalue weighted by atomic mass is 16.8. The Kier molecular flexibility index (Phi) is 5.31. The fourth-order valence-corrected chi connectivity index (χ4v) is 3.25. The lowest BCUT2D eigenvalue weighted by Crippen LogP contribution is -2.62. The number of ether oxygens (including phenoxy) is 4. The van der Waals surface area contributed by atoms with Crippen molar-refractivity contribution in [3.8, 4) is 0 Å². The molecule has 2 heterocycles. The van der Waals surface area contributed by atoms with Crippen LogP contribution in [0.5, 0.6) is 0 Å². The lowest BCUT2D eigenvalue weighted by molar-refractivity contribution is -0.362. The third-order valence-electron chi connectivity index (χ3n) is 4.66. The van der Waals surface area contributed by atoms with E-state index in [1.165, 1.54) is 0 Å². The molecule has 4 rings (SSSR count). The van der Waals surface area contributed by atoms with Crippen molar-refractivity contribution in [1.29, 1.82) is 0 Å². The van der Waals surface area contributed by atoms with Crippen LogP contribution in [-0.2, 0) is 25.6 Å². The number of hydrogen-bond donors (Lipinski definition) is 2. The van der Waals surface area contributed by atoms with Crippen molar-refractivity contribution < 1.29 is 29.2 Å². The number of benzene rings is 2. The molecule has 138 valence electrons. The third-order valence-corrected chi connectivity index (χ3v) is 4.66. The van der Waals surface area contributed by atoms with E-state index < -0.39 is 37.0 Å². The predicted octanol–water partition coefficient (Wildman–Crippen LogP) is 1.76. The van der Waals surface area contributed by atoms with Gasteiger partial charge in [-0.1, -0.05) is 60.7 Å². The standard InChI is InChI=1S/C20H22O6/c21-16-17(22)20(23-11-13-7-3-1-4-8-13)25-15-12-24-19(26-18(15)16)14-9-5-2-6-10-14/h1-10,15-22H,11-12H2/t15-,16-,17-,18-,19?,20-/m0/s1. The zero-order valence-electron chi connectivity index (χ0n) is 14.2. The maximum absolute atomic E-state index is 10.5. The van der Waals surface area contributed by atoms with E-state index in [1.807, 2.05) is 60.7 Å². The Labute approximate surface area is 151 Å². The summed E-state index contributed by atoms with van der Waals surface area (Å²) in [5.41, 5.74) is 1.82. The zero-order chi connectivity index (χ0) is 17.9. The first-order chi connectivity index (χ1) is 12.7. The van der Waals surface area contributed by atoms with Crippen LogP contribution in [0, 0.1) is 0 Å². The van der Waals surface area contributed by atoms with Gasteiger partial charge in [-0.15, -0.1) is 0 Å². The van der Waals surface area contributed by atoms with Gasteiger partial charge in [0, 0.05) is 5.56 Å². The molecule has 6 heteroatoms. The van der Waals surface area contributed by atoms with E-state index in [4.69, 9.17) is 18.9 Å². The van der Waals surface area contributed by atoms with E-state index >= 15 is 0 Å². The minimum atomic E-state index is -1.20. The molecular formula is C20H22O6.